The molecule has 0 saturated carbocycles. The summed E-state index contributed by atoms with van der Waals surface area (Å²) < 4.78 is 0. The molecule has 2 nitrogen and oxygen atoms in total. The van der Waals surface area contributed by atoms with Gasteiger partial charge < -0.3 is 0 Å². The van der Waals surface area contributed by atoms with E-state index < -0.39 is 0 Å². The first-order chi connectivity index (χ1) is 7.31. The van der Waals surface area contributed by atoms with Crippen molar-refractivity contribution in [3.63, 3.8) is 0 Å². The molecule has 1 aliphatic heterocycles. The minimum absolute atomic E-state index is 0.316. The van der Waals surface area contributed by atoms with Crippen LogP contribution >= 0.6 is 0 Å². The molecule has 0 bridgehead atoms. The molecule has 0 unspecified atom stereocenters. The third kappa shape index (κ3) is 3.83. The first kappa shape index (κ1) is 12.5. The van der Waals surface area contributed by atoms with Crippen molar-refractivity contribution in [2.24, 2.45) is 5.92 Å². The lowest BCUT2D eigenvalue weighted by Gasteiger charge is -2.41. The van der Waals surface area contributed by atoms with E-state index in [1.165, 1.54) is 38.5 Å². The quantitative estimate of drug-likeness (QED) is 0.642. The van der Waals surface area contributed by atoms with Crippen molar-refractivity contribution in [2.45, 2.75) is 58.4 Å². The van der Waals surface area contributed by atoms with Crippen molar-refractivity contribution in [3.8, 4) is 6.07 Å². The summed E-state index contributed by atoms with van der Waals surface area (Å²) in [5.74, 6) is 0.316. The van der Waals surface area contributed by atoms with Crippen molar-refractivity contribution in [2.75, 3.05) is 13.1 Å². The van der Waals surface area contributed by atoms with Gasteiger partial charge in [-0.2, -0.15) is 5.26 Å². The zero-order chi connectivity index (χ0) is 11.1. The van der Waals surface area contributed by atoms with Crippen molar-refractivity contribution in [1.29, 1.82) is 5.26 Å². The summed E-state index contributed by atoms with van der Waals surface area (Å²) in [6.45, 7) is 6.55. The van der Waals surface area contributed by atoms with Crippen LogP contribution in [0.3, 0.4) is 0 Å². The van der Waals surface area contributed by atoms with Gasteiger partial charge in [-0.05, 0) is 12.8 Å². The van der Waals surface area contributed by atoms with E-state index in [0.717, 1.165) is 19.1 Å². The minimum atomic E-state index is 0.316. The number of hydrogen-bond donors (Lipinski definition) is 0. The maximum Gasteiger partial charge on any atom is 0.0717 e. The van der Waals surface area contributed by atoms with Crippen molar-refractivity contribution in [3.05, 3.63) is 0 Å². The van der Waals surface area contributed by atoms with Gasteiger partial charge in [-0.15, -0.1) is 0 Å². The Balaban J connectivity index is 2.26. The molecule has 0 N–H and O–H groups in total. The Labute approximate surface area is 94.3 Å². The van der Waals surface area contributed by atoms with E-state index in [1.807, 2.05) is 0 Å². The molecular formula is C13H24N2. The monoisotopic (exact) mass is 208 g/mol. The molecule has 15 heavy (non-hydrogen) atoms. The van der Waals surface area contributed by atoms with Gasteiger partial charge in [0, 0.05) is 19.1 Å². The molecule has 0 aromatic heterocycles. The van der Waals surface area contributed by atoms with Crippen LogP contribution in [0, 0.1) is 17.2 Å². The molecule has 1 heterocycles. The Morgan fingerprint density at radius 2 is 1.73 bits per heavy atom. The average Bonchev–Trinajstić information content (AvgIpc) is 2.19. The third-order valence-corrected chi connectivity index (χ3v) is 3.39. The molecular weight excluding hydrogens is 184 g/mol. The molecule has 0 amide bonds. The van der Waals surface area contributed by atoms with Crippen LogP contribution in [0.25, 0.3) is 0 Å². The highest BCUT2D eigenvalue weighted by Gasteiger charge is 2.31. The van der Waals surface area contributed by atoms with E-state index in [-0.39, 0.29) is 0 Å². The van der Waals surface area contributed by atoms with E-state index in [9.17, 15) is 0 Å². The molecule has 0 radical (unpaired) electrons. The van der Waals surface area contributed by atoms with Crippen molar-refractivity contribution < 1.29 is 0 Å². The SMILES string of the molecule is CCCCC(CCCC)N1CC(C#N)C1. The van der Waals surface area contributed by atoms with Crippen LogP contribution in [0.5, 0.6) is 0 Å². The number of likely N-dealkylation sites (tertiary alicyclic amines) is 1. The number of hydrogen-bond acceptors (Lipinski definition) is 2. The maximum atomic E-state index is 8.76. The van der Waals surface area contributed by atoms with Gasteiger partial charge in [0.2, 0.25) is 0 Å². The summed E-state index contributed by atoms with van der Waals surface area (Å²) in [7, 11) is 0. The molecule has 0 aromatic rings. The Hall–Kier alpha value is -0.550. The van der Waals surface area contributed by atoms with Crippen molar-refractivity contribution >= 4 is 0 Å². The van der Waals surface area contributed by atoms with E-state index in [1.54, 1.807) is 0 Å². The molecule has 0 aliphatic carbocycles. The Morgan fingerprint density at radius 1 is 1.20 bits per heavy atom. The third-order valence-electron chi connectivity index (χ3n) is 3.39. The second-order valence-corrected chi connectivity index (χ2v) is 4.72. The second-order valence-electron chi connectivity index (χ2n) is 4.72. The van der Waals surface area contributed by atoms with Crippen molar-refractivity contribution in [1.82, 2.24) is 4.90 Å². The largest absolute Gasteiger partial charge is 0.298 e. The maximum absolute atomic E-state index is 8.76. The summed E-state index contributed by atoms with van der Waals surface area (Å²) in [6.07, 6.45) is 7.91. The fourth-order valence-corrected chi connectivity index (χ4v) is 2.28. The predicted octanol–water partition coefficient (Wildman–Crippen LogP) is 3.19. The Kier molecular flexibility index (Phi) is 5.71. The van der Waals surface area contributed by atoms with Gasteiger partial charge in [-0.1, -0.05) is 39.5 Å². The van der Waals surface area contributed by atoms with Crippen LogP contribution in [0.1, 0.15) is 52.4 Å². The molecule has 86 valence electrons. The molecule has 1 rings (SSSR count). The number of rotatable bonds is 7. The Morgan fingerprint density at radius 3 is 2.13 bits per heavy atom. The number of unbranched alkanes of at least 4 members (excludes halogenated alkanes) is 2. The van der Waals surface area contributed by atoms with Gasteiger partial charge in [-0.25, -0.2) is 0 Å². The van der Waals surface area contributed by atoms with Crippen LogP contribution in [0.4, 0.5) is 0 Å². The average molecular weight is 208 g/mol. The normalized spacial score (nSPS) is 17.7. The summed E-state index contributed by atoms with van der Waals surface area (Å²) in [6, 6.07) is 3.12. The first-order valence-electron chi connectivity index (χ1n) is 6.45. The fourth-order valence-electron chi connectivity index (χ4n) is 2.28. The zero-order valence-corrected chi connectivity index (χ0v) is 10.2. The topological polar surface area (TPSA) is 27.0 Å². The number of nitriles is 1. The van der Waals surface area contributed by atoms with Crippen LogP contribution in [0.15, 0.2) is 0 Å². The zero-order valence-electron chi connectivity index (χ0n) is 10.2. The lowest BCUT2D eigenvalue weighted by atomic mass is 9.94. The highest BCUT2D eigenvalue weighted by Crippen LogP contribution is 2.24. The molecule has 0 atom stereocenters. The van der Waals surface area contributed by atoms with Gasteiger partial charge in [-0.3, -0.25) is 4.90 Å². The molecule has 0 aromatic carbocycles. The highest BCUT2D eigenvalue weighted by atomic mass is 15.2. The van der Waals surface area contributed by atoms with Crippen LogP contribution < -0.4 is 0 Å². The summed E-state index contributed by atoms with van der Waals surface area (Å²) in [5.41, 5.74) is 0. The first-order valence-corrected chi connectivity index (χ1v) is 6.45. The number of nitrogens with zero attached hydrogens (tertiary/aromatic N) is 2. The van der Waals surface area contributed by atoms with Gasteiger partial charge in [0.05, 0.1) is 12.0 Å². The van der Waals surface area contributed by atoms with Crippen LogP contribution in [0.2, 0.25) is 0 Å². The smallest absolute Gasteiger partial charge is 0.0717 e. The predicted molar refractivity (Wildman–Crippen MR) is 63.5 cm³/mol. The van der Waals surface area contributed by atoms with E-state index in [0.29, 0.717) is 5.92 Å². The van der Waals surface area contributed by atoms with Crippen LogP contribution in [-0.4, -0.2) is 24.0 Å². The summed E-state index contributed by atoms with van der Waals surface area (Å²) in [5, 5.41) is 8.76. The summed E-state index contributed by atoms with van der Waals surface area (Å²) in [4.78, 5) is 2.51. The molecule has 0 spiro atoms. The van der Waals surface area contributed by atoms with Gasteiger partial charge in [0.1, 0.15) is 0 Å². The van der Waals surface area contributed by atoms with E-state index in [4.69, 9.17) is 5.26 Å². The van der Waals surface area contributed by atoms with Gasteiger partial charge in [0.25, 0.3) is 0 Å². The minimum Gasteiger partial charge on any atom is -0.298 e. The van der Waals surface area contributed by atoms with E-state index >= 15 is 0 Å². The fraction of sp³-hybridized carbons (Fsp3) is 0.923. The van der Waals surface area contributed by atoms with E-state index in [2.05, 4.69) is 24.8 Å². The Bertz CT molecular complexity index is 193. The summed E-state index contributed by atoms with van der Waals surface area (Å²) >= 11 is 0. The van der Waals surface area contributed by atoms with Gasteiger partial charge >= 0.3 is 0 Å². The standard InChI is InChI=1S/C13H24N2/c1-3-5-7-13(8-6-4-2)15-10-12(9-14)11-15/h12-13H,3-8,10-11H2,1-2H3. The molecule has 1 fully saturated rings. The molecule has 1 aliphatic rings. The highest BCUT2D eigenvalue weighted by molar-refractivity contribution is 4.97. The lowest BCUT2D eigenvalue weighted by Crippen LogP contribution is -2.51. The molecule has 1 saturated heterocycles. The molecule has 2 heteroatoms. The lowest BCUT2D eigenvalue weighted by molar-refractivity contribution is 0.0679. The second kappa shape index (κ2) is 6.85. The van der Waals surface area contributed by atoms with Gasteiger partial charge in [0.15, 0.2) is 0 Å². The van der Waals surface area contributed by atoms with Crippen LogP contribution in [-0.2, 0) is 0 Å².